The maximum absolute atomic E-state index is 5.71. The van der Waals surface area contributed by atoms with Crippen molar-refractivity contribution in [3.05, 3.63) is 42.2 Å². The predicted octanol–water partition coefficient (Wildman–Crippen LogP) is 1.95. The molecule has 0 radical (unpaired) electrons. The van der Waals surface area contributed by atoms with Gasteiger partial charge in [0.1, 0.15) is 11.5 Å². The molecule has 1 aromatic heterocycles. The molecule has 7 nitrogen and oxygen atoms in total. The maximum Gasteiger partial charge on any atom is 0.191 e. The van der Waals surface area contributed by atoms with Crippen molar-refractivity contribution in [1.29, 1.82) is 0 Å². The highest BCUT2D eigenvalue weighted by molar-refractivity contribution is 5.79. The average Bonchev–Trinajstić information content (AvgIpc) is 3.04. The molecule has 1 aromatic carbocycles. The Morgan fingerprint density at radius 2 is 1.92 bits per heavy atom. The van der Waals surface area contributed by atoms with Gasteiger partial charge in [-0.15, -0.1) is 0 Å². The lowest BCUT2D eigenvalue weighted by Gasteiger charge is -2.12. The molecule has 136 valence electrons. The first-order valence-corrected chi connectivity index (χ1v) is 8.49. The highest BCUT2D eigenvalue weighted by atomic mass is 16.5. The second-order valence-electron chi connectivity index (χ2n) is 5.45. The van der Waals surface area contributed by atoms with E-state index in [9.17, 15) is 0 Å². The van der Waals surface area contributed by atoms with Gasteiger partial charge >= 0.3 is 0 Å². The molecule has 0 saturated carbocycles. The SMILES string of the molecule is CCNC(=NCc1ccnn1C)NCCCOc1ccc(OC)cc1. The topological polar surface area (TPSA) is 72.7 Å². The Bertz CT molecular complexity index is 652. The summed E-state index contributed by atoms with van der Waals surface area (Å²) in [7, 11) is 3.57. The third-order valence-electron chi connectivity index (χ3n) is 3.61. The molecule has 0 unspecified atom stereocenters. The number of hydrogen-bond donors (Lipinski definition) is 2. The Labute approximate surface area is 149 Å². The maximum atomic E-state index is 5.71. The molecule has 0 bridgehead atoms. The third kappa shape index (κ3) is 6.37. The average molecular weight is 345 g/mol. The molecule has 0 spiro atoms. The van der Waals surface area contributed by atoms with Gasteiger partial charge in [-0.05, 0) is 43.7 Å². The van der Waals surface area contributed by atoms with Crippen LogP contribution in [0.15, 0.2) is 41.5 Å². The molecule has 2 aromatic rings. The lowest BCUT2D eigenvalue weighted by Crippen LogP contribution is -2.38. The normalized spacial score (nSPS) is 11.2. The number of nitrogens with one attached hydrogen (secondary N) is 2. The van der Waals surface area contributed by atoms with Crippen LogP contribution in [-0.2, 0) is 13.6 Å². The van der Waals surface area contributed by atoms with Crippen LogP contribution in [0.1, 0.15) is 19.0 Å². The molecular weight excluding hydrogens is 318 g/mol. The van der Waals surface area contributed by atoms with Crippen molar-refractivity contribution in [2.45, 2.75) is 19.9 Å². The number of aliphatic imine (C=N–C) groups is 1. The van der Waals surface area contributed by atoms with Crippen molar-refractivity contribution in [3.8, 4) is 11.5 Å². The summed E-state index contributed by atoms with van der Waals surface area (Å²) in [6.07, 6.45) is 2.66. The first-order chi connectivity index (χ1) is 12.2. The Kier molecular flexibility index (Phi) is 7.62. The van der Waals surface area contributed by atoms with E-state index in [1.165, 1.54) is 0 Å². The van der Waals surface area contributed by atoms with Crippen molar-refractivity contribution in [2.75, 3.05) is 26.8 Å². The summed E-state index contributed by atoms with van der Waals surface area (Å²) >= 11 is 0. The van der Waals surface area contributed by atoms with Gasteiger partial charge in [0, 0.05) is 26.3 Å². The van der Waals surface area contributed by atoms with Crippen LogP contribution in [0.3, 0.4) is 0 Å². The second-order valence-corrected chi connectivity index (χ2v) is 5.45. The molecule has 0 saturated heterocycles. The summed E-state index contributed by atoms with van der Waals surface area (Å²) < 4.78 is 12.7. The fraction of sp³-hybridized carbons (Fsp3) is 0.444. The Morgan fingerprint density at radius 1 is 1.16 bits per heavy atom. The summed E-state index contributed by atoms with van der Waals surface area (Å²) in [6.45, 7) is 4.88. The van der Waals surface area contributed by atoms with E-state index in [2.05, 4.69) is 20.7 Å². The van der Waals surface area contributed by atoms with Crippen molar-refractivity contribution < 1.29 is 9.47 Å². The quantitative estimate of drug-likeness (QED) is 0.413. The minimum atomic E-state index is 0.591. The van der Waals surface area contributed by atoms with Crippen LogP contribution in [0.4, 0.5) is 0 Å². The summed E-state index contributed by atoms with van der Waals surface area (Å²) in [5, 5.41) is 10.7. The fourth-order valence-corrected chi connectivity index (χ4v) is 2.20. The summed E-state index contributed by atoms with van der Waals surface area (Å²) in [6, 6.07) is 9.57. The van der Waals surface area contributed by atoms with E-state index >= 15 is 0 Å². The fourth-order valence-electron chi connectivity index (χ4n) is 2.20. The molecule has 1 heterocycles. The van der Waals surface area contributed by atoms with Crippen molar-refractivity contribution in [3.63, 3.8) is 0 Å². The standard InChI is InChI=1S/C18H27N5O2/c1-4-19-18(21-14-15-10-12-22-23(15)2)20-11-5-13-25-17-8-6-16(24-3)7-9-17/h6-10,12H,4-5,11,13-14H2,1-3H3,(H2,19,20,21). The molecule has 25 heavy (non-hydrogen) atoms. The Balaban J connectivity index is 1.70. The lowest BCUT2D eigenvalue weighted by atomic mass is 10.3. The van der Waals surface area contributed by atoms with Gasteiger partial charge in [0.25, 0.3) is 0 Å². The van der Waals surface area contributed by atoms with Crippen LogP contribution >= 0.6 is 0 Å². The zero-order chi connectivity index (χ0) is 17.9. The van der Waals surface area contributed by atoms with Crippen LogP contribution in [0.25, 0.3) is 0 Å². The van der Waals surface area contributed by atoms with Crippen molar-refractivity contribution >= 4 is 5.96 Å². The number of methoxy groups -OCH3 is 1. The first kappa shape index (κ1) is 18.6. The summed E-state index contributed by atoms with van der Waals surface area (Å²) in [4.78, 5) is 4.57. The monoisotopic (exact) mass is 345 g/mol. The van der Waals surface area contributed by atoms with E-state index in [0.717, 1.165) is 42.7 Å². The Morgan fingerprint density at radius 3 is 2.56 bits per heavy atom. The number of ether oxygens (including phenoxy) is 2. The van der Waals surface area contributed by atoms with Gasteiger partial charge in [-0.1, -0.05) is 0 Å². The van der Waals surface area contributed by atoms with Crippen LogP contribution in [0, 0.1) is 0 Å². The van der Waals surface area contributed by atoms with Crippen LogP contribution in [-0.4, -0.2) is 42.5 Å². The molecular formula is C18H27N5O2. The van der Waals surface area contributed by atoms with Crippen molar-refractivity contribution in [1.82, 2.24) is 20.4 Å². The third-order valence-corrected chi connectivity index (χ3v) is 3.61. The zero-order valence-electron chi connectivity index (χ0n) is 15.2. The minimum Gasteiger partial charge on any atom is -0.497 e. The summed E-state index contributed by atoms with van der Waals surface area (Å²) in [5.74, 6) is 2.47. The van der Waals surface area contributed by atoms with E-state index in [1.54, 1.807) is 13.3 Å². The van der Waals surface area contributed by atoms with Gasteiger partial charge in [0.05, 0.1) is 26.0 Å². The number of nitrogens with zero attached hydrogens (tertiary/aromatic N) is 3. The lowest BCUT2D eigenvalue weighted by molar-refractivity contribution is 0.310. The number of rotatable bonds is 9. The number of aryl methyl sites for hydroxylation is 1. The van der Waals surface area contributed by atoms with Gasteiger partial charge in [-0.25, -0.2) is 4.99 Å². The van der Waals surface area contributed by atoms with E-state index in [4.69, 9.17) is 9.47 Å². The van der Waals surface area contributed by atoms with E-state index in [-0.39, 0.29) is 0 Å². The smallest absolute Gasteiger partial charge is 0.191 e. The van der Waals surface area contributed by atoms with Crippen LogP contribution in [0.2, 0.25) is 0 Å². The zero-order valence-corrected chi connectivity index (χ0v) is 15.2. The molecule has 0 fully saturated rings. The van der Waals surface area contributed by atoms with Crippen LogP contribution in [0.5, 0.6) is 11.5 Å². The van der Waals surface area contributed by atoms with Crippen molar-refractivity contribution in [2.24, 2.45) is 12.0 Å². The van der Waals surface area contributed by atoms with Gasteiger partial charge in [0.15, 0.2) is 5.96 Å². The van der Waals surface area contributed by atoms with Crippen LogP contribution < -0.4 is 20.1 Å². The van der Waals surface area contributed by atoms with E-state index < -0.39 is 0 Å². The highest BCUT2D eigenvalue weighted by Gasteiger charge is 2.00. The second kappa shape index (κ2) is 10.2. The molecule has 0 atom stereocenters. The molecule has 0 aliphatic rings. The van der Waals surface area contributed by atoms with Gasteiger partial charge in [0.2, 0.25) is 0 Å². The minimum absolute atomic E-state index is 0.591. The van der Waals surface area contributed by atoms with E-state index in [1.807, 2.05) is 49.0 Å². The number of benzene rings is 1. The number of guanidine groups is 1. The van der Waals surface area contributed by atoms with Gasteiger partial charge < -0.3 is 20.1 Å². The van der Waals surface area contributed by atoms with Gasteiger partial charge in [-0.2, -0.15) is 5.10 Å². The Hall–Kier alpha value is -2.70. The molecule has 7 heteroatoms. The number of aromatic nitrogens is 2. The number of hydrogen-bond acceptors (Lipinski definition) is 4. The van der Waals surface area contributed by atoms with E-state index in [0.29, 0.717) is 13.2 Å². The predicted molar refractivity (Wildman–Crippen MR) is 99.1 cm³/mol. The van der Waals surface area contributed by atoms with Gasteiger partial charge in [-0.3, -0.25) is 4.68 Å². The molecule has 0 amide bonds. The molecule has 0 aliphatic heterocycles. The molecule has 0 aliphatic carbocycles. The largest absolute Gasteiger partial charge is 0.497 e. The highest BCUT2D eigenvalue weighted by Crippen LogP contribution is 2.16. The first-order valence-electron chi connectivity index (χ1n) is 8.49. The summed E-state index contributed by atoms with van der Waals surface area (Å²) in [5.41, 5.74) is 1.07. The molecule has 2 rings (SSSR count). The molecule has 2 N–H and O–H groups in total.